The summed E-state index contributed by atoms with van der Waals surface area (Å²) in [5.74, 6) is -5.11. The Morgan fingerprint density at radius 1 is 1.08 bits per heavy atom. The van der Waals surface area contributed by atoms with E-state index in [1.807, 2.05) is 0 Å². The number of nitrogens with zero attached hydrogens (tertiary/aromatic N) is 3. The third-order valence-corrected chi connectivity index (χ3v) is 5.91. The van der Waals surface area contributed by atoms with Gasteiger partial charge in [-0.05, 0) is 29.3 Å². The Kier molecular flexibility index (Phi) is 6.64. The normalized spacial score (nSPS) is 12.9. The summed E-state index contributed by atoms with van der Waals surface area (Å²) in [6, 6.07) is 11.7. The summed E-state index contributed by atoms with van der Waals surface area (Å²) in [7, 11) is 0. The van der Waals surface area contributed by atoms with Crippen LogP contribution in [0.1, 0.15) is 44.6 Å². The van der Waals surface area contributed by atoms with E-state index < -0.39 is 23.6 Å². The van der Waals surface area contributed by atoms with E-state index in [4.69, 9.17) is 4.74 Å². The zero-order valence-corrected chi connectivity index (χ0v) is 20.4. The summed E-state index contributed by atoms with van der Waals surface area (Å²) >= 11 is 0. The van der Waals surface area contributed by atoms with E-state index in [-0.39, 0.29) is 48.2 Å². The van der Waals surface area contributed by atoms with Gasteiger partial charge >= 0.3 is 0 Å². The second-order valence-corrected chi connectivity index (χ2v) is 8.88. The fourth-order valence-electron chi connectivity index (χ4n) is 3.95. The maximum Gasteiger partial charge on any atom is 0.270 e. The number of hydrogen-bond donors (Lipinski definition) is 3. The molecule has 3 heterocycles. The highest BCUT2D eigenvalue weighted by molar-refractivity contribution is 5.98. The molecule has 3 amide bonds. The molecule has 0 atom stereocenters. The molecule has 3 N–H and O–H groups in total. The van der Waals surface area contributed by atoms with Gasteiger partial charge in [-0.3, -0.25) is 14.4 Å². The first-order valence-electron chi connectivity index (χ1n) is 11.7. The van der Waals surface area contributed by atoms with Crippen molar-refractivity contribution in [2.24, 2.45) is 0 Å². The maximum absolute atomic E-state index is 14.4. The predicted octanol–water partition coefficient (Wildman–Crippen LogP) is 3.17. The van der Waals surface area contributed by atoms with Crippen LogP contribution in [-0.2, 0) is 23.8 Å². The van der Waals surface area contributed by atoms with Crippen molar-refractivity contribution in [2.45, 2.75) is 25.9 Å². The highest BCUT2D eigenvalue weighted by atomic mass is 19.3. The first-order valence-corrected chi connectivity index (χ1v) is 11.7. The number of aromatic nitrogens is 3. The highest BCUT2D eigenvalue weighted by Gasteiger charge is 2.25. The van der Waals surface area contributed by atoms with Crippen LogP contribution in [0.4, 0.5) is 18.9 Å². The zero-order chi connectivity index (χ0) is 27.7. The number of fused-ring (bicyclic) bond motifs is 2. The van der Waals surface area contributed by atoms with Crippen molar-refractivity contribution in [3.63, 3.8) is 0 Å². The summed E-state index contributed by atoms with van der Waals surface area (Å²) in [6.45, 7) is 0.626. The molecule has 1 aliphatic heterocycles. The SMILES string of the molecule is CC(F)(F)c1cccc(CNC(=O)c2cc(C(=O)NCc3ccc4c(c3)NC(=O)CO4)nc3c(F)cnn23)c1. The number of anilines is 1. The predicted molar refractivity (Wildman–Crippen MR) is 132 cm³/mol. The Labute approximate surface area is 219 Å². The molecule has 1 aliphatic rings. The minimum atomic E-state index is -3.05. The average molecular weight is 538 g/mol. The minimum Gasteiger partial charge on any atom is -0.482 e. The molecule has 0 bridgehead atoms. The molecule has 0 saturated heterocycles. The molecule has 0 spiro atoms. The van der Waals surface area contributed by atoms with Gasteiger partial charge in [0.15, 0.2) is 18.1 Å². The molecule has 10 nitrogen and oxygen atoms in total. The van der Waals surface area contributed by atoms with E-state index in [0.717, 1.165) is 23.7 Å². The van der Waals surface area contributed by atoms with Gasteiger partial charge in [0.1, 0.15) is 17.1 Å². The van der Waals surface area contributed by atoms with E-state index in [2.05, 4.69) is 26.0 Å². The molecular formula is C26H21F3N6O4. The summed E-state index contributed by atoms with van der Waals surface area (Å²) in [5.41, 5.74) is 0.558. The third kappa shape index (κ3) is 5.51. The third-order valence-electron chi connectivity index (χ3n) is 5.91. The van der Waals surface area contributed by atoms with Crippen LogP contribution in [0, 0.1) is 5.82 Å². The maximum atomic E-state index is 14.4. The van der Waals surface area contributed by atoms with Gasteiger partial charge in [0.05, 0.1) is 11.9 Å². The number of ether oxygens (including phenoxy) is 1. The number of alkyl halides is 2. The Bertz CT molecular complexity index is 1620. The summed E-state index contributed by atoms with van der Waals surface area (Å²) < 4.78 is 47.9. The number of hydrogen-bond acceptors (Lipinski definition) is 6. The molecule has 0 unspecified atom stereocenters. The van der Waals surface area contributed by atoms with Crippen LogP contribution in [0.3, 0.4) is 0 Å². The molecular weight excluding hydrogens is 517 g/mol. The minimum absolute atomic E-state index is 0.0382. The fraction of sp³-hybridized carbons (Fsp3) is 0.192. The van der Waals surface area contributed by atoms with E-state index in [1.165, 1.54) is 18.2 Å². The first-order chi connectivity index (χ1) is 18.6. The number of halogens is 3. The quantitative estimate of drug-likeness (QED) is 0.332. The lowest BCUT2D eigenvalue weighted by atomic mass is 10.1. The average Bonchev–Trinajstić information content (AvgIpc) is 3.29. The molecule has 200 valence electrons. The lowest BCUT2D eigenvalue weighted by Gasteiger charge is -2.18. The van der Waals surface area contributed by atoms with Crippen LogP contribution in [0.5, 0.6) is 5.75 Å². The standard InChI is InChI=1S/C26H21F3N6O4/c1-26(28,29)16-4-2-3-14(7-16)10-31-25(38)20-9-19(34-23-17(27)12-32-35(20)23)24(37)30-11-15-5-6-21-18(8-15)33-22(36)13-39-21/h2-9,12H,10-11,13H2,1H3,(H,30,37)(H,31,38)(H,33,36). The van der Waals surface area contributed by atoms with E-state index in [9.17, 15) is 27.6 Å². The summed E-state index contributed by atoms with van der Waals surface area (Å²) in [5, 5.41) is 11.7. The number of amides is 3. The van der Waals surface area contributed by atoms with Gasteiger partial charge in [-0.2, -0.15) is 5.10 Å². The largest absolute Gasteiger partial charge is 0.482 e. The van der Waals surface area contributed by atoms with E-state index >= 15 is 0 Å². The van der Waals surface area contributed by atoms with Crippen molar-refractivity contribution in [2.75, 3.05) is 11.9 Å². The Morgan fingerprint density at radius 2 is 1.82 bits per heavy atom. The summed E-state index contributed by atoms with van der Waals surface area (Å²) in [6.07, 6.45) is 0.858. The smallest absolute Gasteiger partial charge is 0.270 e. The second-order valence-electron chi connectivity index (χ2n) is 8.88. The molecule has 2 aromatic carbocycles. The van der Waals surface area contributed by atoms with Crippen LogP contribution in [0.2, 0.25) is 0 Å². The molecule has 0 fully saturated rings. The first kappa shape index (κ1) is 25.7. The topological polar surface area (TPSA) is 127 Å². The van der Waals surface area contributed by atoms with Gasteiger partial charge in [0.2, 0.25) is 0 Å². The molecule has 0 aliphatic carbocycles. The number of carbonyl (C=O) groups is 3. The van der Waals surface area contributed by atoms with Crippen molar-refractivity contribution in [3.8, 4) is 5.75 Å². The lowest BCUT2D eigenvalue weighted by molar-refractivity contribution is -0.118. The molecule has 0 radical (unpaired) electrons. The van der Waals surface area contributed by atoms with Crippen LogP contribution in [-0.4, -0.2) is 38.9 Å². The molecule has 39 heavy (non-hydrogen) atoms. The highest BCUT2D eigenvalue weighted by Crippen LogP contribution is 2.29. The van der Waals surface area contributed by atoms with Crippen LogP contribution in [0.15, 0.2) is 54.7 Å². The zero-order valence-electron chi connectivity index (χ0n) is 20.4. The van der Waals surface area contributed by atoms with Crippen molar-refractivity contribution >= 4 is 29.1 Å². The number of benzene rings is 2. The van der Waals surface area contributed by atoms with E-state index in [0.29, 0.717) is 22.6 Å². The van der Waals surface area contributed by atoms with Gasteiger partial charge in [-0.15, -0.1) is 0 Å². The van der Waals surface area contributed by atoms with Gasteiger partial charge < -0.3 is 20.7 Å². The van der Waals surface area contributed by atoms with Gasteiger partial charge in [0.25, 0.3) is 23.6 Å². The van der Waals surface area contributed by atoms with Crippen molar-refractivity contribution in [1.82, 2.24) is 25.2 Å². The van der Waals surface area contributed by atoms with E-state index in [1.54, 1.807) is 24.3 Å². The summed E-state index contributed by atoms with van der Waals surface area (Å²) in [4.78, 5) is 41.4. The molecule has 0 saturated carbocycles. The Hall–Kier alpha value is -4.94. The monoisotopic (exact) mass is 538 g/mol. The Balaban J connectivity index is 1.33. The molecule has 5 rings (SSSR count). The fourth-order valence-corrected chi connectivity index (χ4v) is 3.95. The second kappa shape index (κ2) is 10.1. The van der Waals surface area contributed by atoms with Crippen molar-refractivity contribution < 1.29 is 32.3 Å². The lowest BCUT2D eigenvalue weighted by Crippen LogP contribution is -2.29. The number of carbonyl (C=O) groups excluding carboxylic acids is 3. The van der Waals surface area contributed by atoms with Crippen LogP contribution >= 0.6 is 0 Å². The van der Waals surface area contributed by atoms with Crippen molar-refractivity contribution in [1.29, 1.82) is 0 Å². The number of rotatable bonds is 7. The molecule has 13 heteroatoms. The van der Waals surface area contributed by atoms with Crippen LogP contribution in [0.25, 0.3) is 5.65 Å². The van der Waals surface area contributed by atoms with Gasteiger partial charge in [-0.1, -0.05) is 24.3 Å². The number of nitrogens with one attached hydrogen (secondary N) is 3. The molecule has 4 aromatic rings. The molecule has 2 aromatic heterocycles. The van der Waals surface area contributed by atoms with Crippen LogP contribution < -0.4 is 20.7 Å². The Morgan fingerprint density at radius 3 is 2.59 bits per heavy atom. The van der Waals surface area contributed by atoms with Crippen molar-refractivity contribution in [3.05, 3.63) is 88.6 Å². The van der Waals surface area contributed by atoms with Gasteiger partial charge in [0, 0.05) is 31.6 Å². The van der Waals surface area contributed by atoms with Gasteiger partial charge in [-0.25, -0.2) is 22.7 Å².